The Morgan fingerprint density at radius 2 is 2.06 bits per heavy atom. The van der Waals surface area contributed by atoms with E-state index in [0.717, 1.165) is 0 Å². The predicted octanol–water partition coefficient (Wildman–Crippen LogP) is 1.20. The van der Waals surface area contributed by atoms with Gasteiger partial charge in [0.25, 0.3) is 0 Å². The molecule has 1 N–H and O–H groups in total. The van der Waals surface area contributed by atoms with Crippen molar-refractivity contribution in [2.75, 3.05) is 39.5 Å². The first-order chi connectivity index (χ1) is 15.4. The summed E-state index contributed by atoms with van der Waals surface area (Å²) in [6.07, 6.45) is 2.02. The SMILES string of the molecule is CC(C)NC(=O)C[C@@H]1CN(Cc2ncccc2F)[C@@H]2CO[C@@H](CC(=O)N3CCOCC3)[C@H]12. The maximum atomic E-state index is 14.2. The average molecular weight is 449 g/mol. The highest BCUT2D eigenvalue weighted by Gasteiger charge is 2.51. The Hall–Kier alpha value is -2.10. The molecule has 3 saturated heterocycles. The van der Waals surface area contributed by atoms with Crippen molar-refractivity contribution in [1.82, 2.24) is 20.1 Å². The van der Waals surface area contributed by atoms with Crippen molar-refractivity contribution >= 4 is 11.8 Å². The molecule has 8 nitrogen and oxygen atoms in total. The number of pyridine rings is 1. The van der Waals surface area contributed by atoms with E-state index in [9.17, 15) is 14.0 Å². The molecule has 2 amide bonds. The smallest absolute Gasteiger partial charge is 0.225 e. The summed E-state index contributed by atoms with van der Waals surface area (Å²) in [4.78, 5) is 33.6. The number of amides is 2. The van der Waals surface area contributed by atoms with Crippen molar-refractivity contribution in [3.05, 3.63) is 29.8 Å². The van der Waals surface area contributed by atoms with Crippen LogP contribution in [-0.2, 0) is 25.6 Å². The van der Waals surface area contributed by atoms with Crippen LogP contribution in [0.5, 0.6) is 0 Å². The van der Waals surface area contributed by atoms with Crippen LogP contribution in [-0.4, -0.2) is 84.2 Å². The summed E-state index contributed by atoms with van der Waals surface area (Å²) in [6, 6.07) is 3.10. The van der Waals surface area contributed by atoms with E-state index >= 15 is 0 Å². The second-order valence-electron chi connectivity index (χ2n) is 9.26. The molecule has 0 saturated carbocycles. The Morgan fingerprint density at radius 3 is 2.78 bits per heavy atom. The standard InChI is InChI=1S/C23H33FN4O4/c1-15(2)26-21(29)10-16-12-28(13-18-17(24)4-3-5-25-18)19-14-32-20(23(16)19)11-22(30)27-6-8-31-9-7-27/h3-5,15-16,19-20,23H,6-14H2,1-2H3,(H,26,29)/t16-,19-,20+,23-/m1/s1. The van der Waals surface area contributed by atoms with E-state index in [1.165, 1.54) is 6.07 Å². The maximum Gasteiger partial charge on any atom is 0.225 e. The molecule has 0 unspecified atom stereocenters. The molecule has 3 fully saturated rings. The number of rotatable bonds is 7. The number of hydrogen-bond donors (Lipinski definition) is 1. The lowest BCUT2D eigenvalue weighted by Gasteiger charge is -2.29. The molecule has 4 atom stereocenters. The number of carbonyl (C=O) groups excluding carboxylic acids is 2. The Labute approximate surface area is 188 Å². The maximum absolute atomic E-state index is 14.2. The van der Waals surface area contributed by atoms with Crippen molar-refractivity contribution in [1.29, 1.82) is 0 Å². The van der Waals surface area contributed by atoms with E-state index in [4.69, 9.17) is 9.47 Å². The summed E-state index contributed by atoms with van der Waals surface area (Å²) < 4.78 is 25.7. The van der Waals surface area contributed by atoms with Gasteiger partial charge in [-0.3, -0.25) is 19.5 Å². The van der Waals surface area contributed by atoms with Crippen LogP contribution in [0.1, 0.15) is 32.4 Å². The van der Waals surface area contributed by atoms with Crippen molar-refractivity contribution in [2.24, 2.45) is 11.8 Å². The average Bonchev–Trinajstić information content (AvgIpc) is 3.31. The minimum atomic E-state index is -0.331. The largest absolute Gasteiger partial charge is 0.378 e. The zero-order chi connectivity index (χ0) is 22.7. The van der Waals surface area contributed by atoms with Gasteiger partial charge >= 0.3 is 0 Å². The normalized spacial score (nSPS) is 28.2. The fourth-order valence-electron chi connectivity index (χ4n) is 5.25. The summed E-state index contributed by atoms with van der Waals surface area (Å²) >= 11 is 0. The molecule has 0 aromatic carbocycles. The third-order valence-electron chi connectivity index (χ3n) is 6.66. The number of likely N-dealkylation sites (tertiary alicyclic amines) is 1. The number of hydrogen-bond acceptors (Lipinski definition) is 6. The van der Waals surface area contributed by atoms with Crippen LogP contribution in [0, 0.1) is 17.7 Å². The van der Waals surface area contributed by atoms with Crippen LogP contribution in [0.25, 0.3) is 0 Å². The first kappa shape index (κ1) is 23.1. The number of fused-ring (bicyclic) bond motifs is 1. The summed E-state index contributed by atoms with van der Waals surface area (Å²) in [5, 5.41) is 2.97. The molecular weight excluding hydrogens is 415 g/mol. The van der Waals surface area contributed by atoms with Gasteiger partial charge in [0.1, 0.15) is 5.82 Å². The van der Waals surface area contributed by atoms with Gasteiger partial charge in [-0.2, -0.15) is 0 Å². The second-order valence-corrected chi connectivity index (χ2v) is 9.26. The highest BCUT2D eigenvalue weighted by atomic mass is 19.1. The van der Waals surface area contributed by atoms with Crippen molar-refractivity contribution in [3.63, 3.8) is 0 Å². The Bertz CT molecular complexity index is 817. The van der Waals surface area contributed by atoms with Gasteiger partial charge in [0.05, 0.1) is 38.0 Å². The van der Waals surface area contributed by atoms with Crippen molar-refractivity contribution in [2.45, 2.75) is 51.4 Å². The quantitative estimate of drug-likeness (QED) is 0.675. The van der Waals surface area contributed by atoms with Gasteiger partial charge in [0.2, 0.25) is 11.8 Å². The van der Waals surface area contributed by atoms with E-state index in [1.807, 2.05) is 18.7 Å². The van der Waals surface area contributed by atoms with E-state index < -0.39 is 0 Å². The molecule has 0 bridgehead atoms. The third kappa shape index (κ3) is 5.27. The monoisotopic (exact) mass is 448 g/mol. The van der Waals surface area contributed by atoms with Crippen molar-refractivity contribution < 1.29 is 23.5 Å². The van der Waals surface area contributed by atoms with Gasteiger partial charge in [-0.25, -0.2) is 4.39 Å². The number of ether oxygens (including phenoxy) is 2. The number of carbonyl (C=O) groups is 2. The topological polar surface area (TPSA) is 84.0 Å². The van der Waals surface area contributed by atoms with Crippen LogP contribution >= 0.6 is 0 Å². The number of nitrogens with zero attached hydrogens (tertiary/aromatic N) is 3. The van der Waals surface area contributed by atoms with Gasteiger partial charge < -0.3 is 19.7 Å². The van der Waals surface area contributed by atoms with Gasteiger partial charge in [0, 0.05) is 56.8 Å². The summed E-state index contributed by atoms with van der Waals surface area (Å²) in [7, 11) is 0. The number of nitrogens with one attached hydrogen (secondary N) is 1. The number of halogens is 1. The lowest BCUT2D eigenvalue weighted by atomic mass is 9.84. The molecule has 4 rings (SSSR count). The van der Waals surface area contributed by atoms with Crippen LogP contribution in [0.4, 0.5) is 4.39 Å². The first-order valence-electron chi connectivity index (χ1n) is 11.5. The lowest BCUT2D eigenvalue weighted by molar-refractivity contribution is -0.138. The molecule has 1 aromatic rings. The van der Waals surface area contributed by atoms with Gasteiger partial charge in [-0.05, 0) is 31.9 Å². The zero-order valence-electron chi connectivity index (χ0n) is 18.8. The summed E-state index contributed by atoms with van der Waals surface area (Å²) in [5.41, 5.74) is 0.395. The fraction of sp³-hybridized carbons (Fsp3) is 0.696. The molecule has 176 valence electrons. The first-order valence-corrected chi connectivity index (χ1v) is 11.5. The van der Waals surface area contributed by atoms with E-state index in [0.29, 0.717) is 64.5 Å². The lowest BCUT2D eigenvalue weighted by Crippen LogP contribution is -2.43. The predicted molar refractivity (Wildman–Crippen MR) is 115 cm³/mol. The molecule has 3 aliphatic heterocycles. The molecule has 0 spiro atoms. The molecule has 0 aliphatic carbocycles. The zero-order valence-corrected chi connectivity index (χ0v) is 18.8. The van der Waals surface area contributed by atoms with E-state index in [-0.39, 0.29) is 47.7 Å². The van der Waals surface area contributed by atoms with Crippen LogP contribution < -0.4 is 5.32 Å². The molecule has 0 radical (unpaired) electrons. The molecule has 1 aromatic heterocycles. The molecule has 4 heterocycles. The van der Waals surface area contributed by atoms with Crippen LogP contribution in [0.15, 0.2) is 18.3 Å². The summed E-state index contributed by atoms with van der Waals surface area (Å²) in [5.74, 6) is -0.179. The molecular formula is C23H33FN4O4. The Kier molecular flexibility index (Phi) is 7.37. The molecule has 32 heavy (non-hydrogen) atoms. The summed E-state index contributed by atoms with van der Waals surface area (Å²) in [6.45, 7) is 7.70. The van der Waals surface area contributed by atoms with Gasteiger partial charge in [0.15, 0.2) is 0 Å². The molecule has 3 aliphatic rings. The minimum Gasteiger partial charge on any atom is -0.378 e. The third-order valence-corrected chi connectivity index (χ3v) is 6.66. The number of morpholine rings is 1. The Morgan fingerprint density at radius 1 is 1.28 bits per heavy atom. The number of aromatic nitrogens is 1. The Balaban J connectivity index is 1.48. The van der Waals surface area contributed by atoms with Crippen LogP contribution in [0.3, 0.4) is 0 Å². The minimum absolute atomic E-state index is 0.000211. The molecule has 9 heteroatoms. The fourth-order valence-corrected chi connectivity index (χ4v) is 5.25. The highest BCUT2D eigenvalue weighted by molar-refractivity contribution is 5.77. The second kappa shape index (κ2) is 10.2. The highest BCUT2D eigenvalue weighted by Crippen LogP contribution is 2.42. The van der Waals surface area contributed by atoms with Crippen LogP contribution in [0.2, 0.25) is 0 Å². The van der Waals surface area contributed by atoms with Gasteiger partial charge in [-0.1, -0.05) is 0 Å². The van der Waals surface area contributed by atoms with E-state index in [2.05, 4.69) is 15.2 Å². The van der Waals surface area contributed by atoms with Gasteiger partial charge in [-0.15, -0.1) is 0 Å². The van der Waals surface area contributed by atoms with E-state index in [1.54, 1.807) is 12.3 Å². The van der Waals surface area contributed by atoms with Crippen molar-refractivity contribution in [3.8, 4) is 0 Å².